The number of hydrogen-bond donors (Lipinski definition) is 2. The summed E-state index contributed by atoms with van der Waals surface area (Å²) in [5, 5.41) is 3.67. The molecule has 0 radical (unpaired) electrons. The van der Waals surface area contributed by atoms with E-state index in [0.29, 0.717) is 34.2 Å². The van der Waals surface area contributed by atoms with Crippen LogP contribution >= 0.6 is 11.6 Å². The van der Waals surface area contributed by atoms with Gasteiger partial charge in [-0.2, -0.15) is 0 Å². The predicted octanol–water partition coefficient (Wildman–Crippen LogP) is 3.97. The maximum absolute atomic E-state index is 13.2. The number of fused-ring (bicyclic) bond motifs is 1. The summed E-state index contributed by atoms with van der Waals surface area (Å²) < 4.78 is 11.1. The zero-order valence-corrected chi connectivity index (χ0v) is 18.8. The summed E-state index contributed by atoms with van der Waals surface area (Å²) in [6, 6.07) is 8.76. The number of methoxy groups -OCH3 is 2. The van der Waals surface area contributed by atoms with E-state index in [4.69, 9.17) is 26.8 Å². The number of nitrogens with zero attached hydrogens (tertiary/aromatic N) is 1. The summed E-state index contributed by atoms with van der Waals surface area (Å²) in [4.78, 5) is 15.5. The first-order chi connectivity index (χ1) is 14.4. The fourth-order valence-electron chi connectivity index (χ4n) is 4.15. The van der Waals surface area contributed by atoms with Gasteiger partial charge in [0.25, 0.3) is 0 Å². The van der Waals surface area contributed by atoms with Crippen LogP contribution in [0.3, 0.4) is 0 Å². The van der Waals surface area contributed by atoms with Gasteiger partial charge < -0.3 is 25.4 Å². The molecule has 0 aromatic heterocycles. The number of hydrogen-bond acceptors (Lipinski definition) is 5. The Morgan fingerprint density at radius 3 is 2.30 bits per heavy atom. The molecule has 1 amide bonds. The van der Waals surface area contributed by atoms with Crippen molar-refractivity contribution in [3.8, 4) is 11.5 Å². The van der Waals surface area contributed by atoms with Gasteiger partial charge in [0.2, 0.25) is 5.91 Å². The lowest BCUT2D eigenvalue weighted by molar-refractivity contribution is -0.124. The lowest BCUT2D eigenvalue weighted by atomic mass is 9.81. The Morgan fingerprint density at radius 1 is 1.10 bits per heavy atom. The van der Waals surface area contributed by atoms with Gasteiger partial charge in [-0.3, -0.25) is 4.79 Å². The van der Waals surface area contributed by atoms with Crippen molar-refractivity contribution in [1.82, 2.24) is 10.2 Å². The highest BCUT2D eigenvalue weighted by molar-refractivity contribution is 6.31. The Kier molecular flexibility index (Phi) is 7.10. The van der Waals surface area contributed by atoms with Crippen molar-refractivity contribution in [2.75, 3.05) is 39.6 Å². The van der Waals surface area contributed by atoms with Gasteiger partial charge in [0.1, 0.15) is 0 Å². The van der Waals surface area contributed by atoms with Crippen LogP contribution in [0.1, 0.15) is 48.9 Å². The zero-order chi connectivity index (χ0) is 21.8. The Hall–Kier alpha value is -2.44. The first-order valence-electron chi connectivity index (χ1n) is 10.3. The third-order valence-electron chi connectivity index (χ3n) is 5.88. The second-order valence-electron chi connectivity index (χ2n) is 7.39. The maximum Gasteiger partial charge on any atom is 0.228 e. The van der Waals surface area contributed by atoms with Gasteiger partial charge in [-0.1, -0.05) is 31.5 Å². The van der Waals surface area contributed by atoms with Crippen LogP contribution in [-0.4, -0.2) is 44.7 Å². The van der Waals surface area contributed by atoms with Gasteiger partial charge in [0.15, 0.2) is 11.5 Å². The summed E-state index contributed by atoms with van der Waals surface area (Å²) in [5.41, 5.74) is 9.34. The molecule has 1 heterocycles. The van der Waals surface area contributed by atoms with E-state index < -0.39 is 6.04 Å². The van der Waals surface area contributed by atoms with E-state index >= 15 is 0 Å². The first kappa shape index (κ1) is 22.2. The van der Waals surface area contributed by atoms with E-state index in [1.54, 1.807) is 32.4 Å². The van der Waals surface area contributed by atoms with Gasteiger partial charge in [0, 0.05) is 16.3 Å². The molecule has 7 heteroatoms. The molecule has 162 valence electrons. The van der Waals surface area contributed by atoms with Crippen LogP contribution in [0.4, 0.5) is 5.69 Å². The van der Waals surface area contributed by atoms with E-state index in [1.165, 1.54) is 0 Å². The quantitative estimate of drug-likeness (QED) is 0.618. The molecule has 1 aliphatic rings. The molecule has 0 spiro atoms. The standard InChI is InChI=1S/C23H30ClN3O3/c1-5-27(6-2)11-10-14-15-12-19(29-3)20(30-4)13-16(15)22(26-23(14)28)21-17(24)8-7-9-18(21)25/h7-9,12-14,22H,5-6,10-11,25H2,1-4H3,(H,26,28). The van der Waals surface area contributed by atoms with Crippen LogP contribution in [0.15, 0.2) is 30.3 Å². The third-order valence-corrected chi connectivity index (χ3v) is 6.21. The summed E-state index contributed by atoms with van der Waals surface area (Å²) in [6.07, 6.45) is 0.709. The third kappa shape index (κ3) is 4.20. The smallest absolute Gasteiger partial charge is 0.228 e. The maximum atomic E-state index is 13.2. The lowest BCUT2D eigenvalue weighted by Gasteiger charge is -2.34. The molecule has 2 atom stereocenters. The fraction of sp³-hybridized carbons (Fsp3) is 0.435. The van der Waals surface area contributed by atoms with Gasteiger partial charge in [-0.15, -0.1) is 0 Å². The minimum Gasteiger partial charge on any atom is -0.493 e. The van der Waals surface area contributed by atoms with Gasteiger partial charge in [0.05, 0.1) is 26.2 Å². The van der Waals surface area contributed by atoms with Gasteiger partial charge in [-0.25, -0.2) is 0 Å². The second-order valence-corrected chi connectivity index (χ2v) is 7.80. The topological polar surface area (TPSA) is 76.8 Å². The average molecular weight is 432 g/mol. The zero-order valence-electron chi connectivity index (χ0n) is 18.0. The highest BCUT2D eigenvalue weighted by Crippen LogP contribution is 2.44. The molecule has 0 saturated carbocycles. The fourth-order valence-corrected chi connectivity index (χ4v) is 4.44. The lowest BCUT2D eigenvalue weighted by Crippen LogP contribution is -2.41. The summed E-state index contributed by atoms with van der Waals surface area (Å²) in [5.74, 6) is 0.877. The van der Waals surface area contributed by atoms with E-state index in [9.17, 15) is 4.79 Å². The number of rotatable bonds is 8. The first-order valence-corrected chi connectivity index (χ1v) is 10.6. The predicted molar refractivity (Wildman–Crippen MR) is 121 cm³/mol. The van der Waals surface area contributed by atoms with Crippen LogP contribution in [-0.2, 0) is 4.79 Å². The molecule has 30 heavy (non-hydrogen) atoms. The molecule has 2 aromatic carbocycles. The van der Waals surface area contributed by atoms with Crippen molar-refractivity contribution >= 4 is 23.2 Å². The number of nitrogen functional groups attached to an aromatic ring is 1. The molecule has 0 saturated heterocycles. The van der Waals surface area contributed by atoms with Gasteiger partial charge in [-0.05, 0) is 61.4 Å². The molecule has 3 N–H and O–H groups in total. The van der Waals surface area contributed by atoms with Crippen LogP contribution < -0.4 is 20.5 Å². The number of anilines is 1. The number of nitrogens with one attached hydrogen (secondary N) is 1. The summed E-state index contributed by atoms with van der Waals surface area (Å²) >= 11 is 6.49. The molecular weight excluding hydrogens is 402 g/mol. The Balaban J connectivity index is 2.12. The van der Waals surface area contributed by atoms with Crippen LogP contribution in [0, 0.1) is 0 Å². The Labute approximate surface area is 183 Å². The van der Waals surface area contributed by atoms with E-state index in [1.807, 2.05) is 12.1 Å². The highest BCUT2D eigenvalue weighted by atomic mass is 35.5. The number of nitrogens with two attached hydrogens (primary N) is 1. The normalized spacial score (nSPS) is 18.1. The van der Waals surface area contributed by atoms with Crippen molar-refractivity contribution in [3.05, 3.63) is 52.0 Å². The van der Waals surface area contributed by atoms with Crippen LogP contribution in [0.25, 0.3) is 0 Å². The van der Waals surface area contributed by atoms with Crippen LogP contribution in [0.5, 0.6) is 11.5 Å². The number of carbonyl (C=O) groups excluding carboxylic acids is 1. The SMILES string of the molecule is CCN(CC)CCC1C(=O)NC(c2c(N)cccc2Cl)c2cc(OC)c(OC)cc21. The number of halogens is 1. The summed E-state index contributed by atoms with van der Waals surface area (Å²) in [6.45, 7) is 6.98. The van der Waals surface area contributed by atoms with Crippen molar-refractivity contribution < 1.29 is 14.3 Å². The van der Waals surface area contributed by atoms with Crippen LogP contribution in [0.2, 0.25) is 5.02 Å². The van der Waals surface area contributed by atoms with E-state index in [2.05, 4.69) is 24.1 Å². The molecular formula is C23H30ClN3O3. The molecule has 0 aliphatic carbocycles. The number of benzene rings is 2. The number of carbonyl (C=O) groups is 1. The molecule has 2 aromatic rings. The van der Waals surface area contributed by atoms with Crippen molar-refractivity contribution in [2.24, 2.45) is 0 Å². The van der Waals surface area contributed by atoms with Crippen molar-refractivity contribution in [2.45, 2.75) is 32.2 Å². The Bertz CT molecular complexity index is 895. The van der Waals surface area contributed by atoms with E-state index in [-0.39, 0.29) is 11.8 Å². The van der Waals surface area contributed by atoms with Crippen molar-refractivity contribution in [1.29, 1.82) is 0 Å². The molecule has 0 bridgehead atoms. The summed E-state index contributed by atoms with van der Waals surface area (Å²) in [7, 11) is 3.20. The number of ether oxygens (including phenoxy) is 2. The monoisotopic (exact) mass is 431 g/mol. The molecule has 0 fully saturated rings. The van der Waals surface area contributed by atoms with E-state index in [0.717, 1.165) is 30.8 Å². The second kappa shape index (κ2) is 9.58. The number of amides is 1. The van der Waals surface area contributed by atoms with Gasteiger partial charge >= 0.3 is 0 Å². The average Bonchev–Trinajstić information content (AvgIpc) is 2.74. The Morgan fingerprint density at radius 2 is 1.73 bits per heavy atom. The minimum absolute atomic E-state index is 0.0359. The molecule has 3 rings (SSSR count). The molecule has 2 unspecified atom stereocenters. The minimum atomic E-state index is -0.453. The molecule has 1 aliphatic heterocycles. The highest BCUT2D eigenvalue weighted by Gasteiger charge is 2.36. The molecule has 6 nitrogen and oxygen atoms in total. The largest absolute Gasteiger partial charge is 0.493 e. The van der Waals surface area contributed by atoms with Crippen molar-refractivity contribution in [3.63, 3.8) is 0 Å².